The van der Waals surface area contributed by atoms with Gasteiger partial charge in [0.2, 0.25) is 0 Å². The maximum absolute atomic E-state index is 10.5. The van der Waals surface area contributed by atoms with Crippen LogP contribution in [0.3, 0.4) is 0 Å². The van der Waals surface area contributed by atoms with E-state index in [0.717, 1.165) is 62.2 Å². The molecular formula is C15H27IN6OS. The Morgan fingerprint density at radius 2 is 2.33 bits per heavy atom. The Kier molecular flexibility index (Phi) is 7.60. The predicted molar refractivity (Wildman–Crippen MR) is 108 cm³/mol. The molecule has 0 amide bonds. The van der Waals surface area contributed by atoms with E-state index in [2.05, 4.69) is 32.3 Å². The van der Waals surface area contributed by atoms with Crippen molar-refractivity contribution < 1.29 is 5.11 Å². The van der Waals surface area contributed by atoms with Crippen molar-refractivity contribution in [1.29, 1.82) is 0 Å². The van der Waals surface area contributed by atoms with Crippen LogP contribution in [0.1, 0.15) is 37.9 Å². The van der Waals surface area contributed by atoms with Crippen LogP contribution in [0.15, 0.2) is 11.3 Å². The number of rotatable bonds is 4. The summed E-state index contributed by atoms with van der Waals surface area (Å²) >= 11 is 1.81. The third-order valence-electron chi connectivity index (χ3n) is 4.56. The summed E-state index contributed by atoms with van der Waals surface area (Å²) in [5, 5.41) is 20.8. The highest BCUT2D eigenvalue weighted by Gasteiger charge is 2.32. The van der Waals surface area contributed by atoms with Crippen molar-refractivity contribution in [3.63, 3.8) is 0 Å². The Morgan fingerprint density at radius 3 is 2.92 bits per heavy atom. The quantitative estimate of drug-likeness (QED) is 0.354. The minimum absolute atomic E-state index is 0. The van der Waals surface area contributed by atoms with Crippen molar-refractivity contribution in [2.24, 2.45) is 4.99 Å². The number of hydrogen-bond acceptors (Lipinski definition) is 5. The SMILES string of the molecule is CCNC(=NCC1(O)CCSC1)N1CCC(c2ncn[nH]2)CC1.I. The number of thioether (sulfide) groups is 1. The minimum Gasteiger partial charge on any atom is -0.387 e. The standard InChI is InChI=1S/C15H26N6OS.HI/c1-2-16-14(17-9-15(22)5-8-23-10-15)21-6-3-12(4-7-21)13-18-11-19-20-13;/h11-12,22H,2-10H2,1H3,(H,16,17)(H,18,19,20);1H. The van der Waals surface area contributed by atoms with Gasteiger partial charge in [0.1, 0.15) is 12.2 Å². The number of guanidine groups is 1. The smallest absolute Gasteiger partial charge is 0.194 e. The van der Waals surface area contributed by atoms with E-state index in [9.17, 15) is 5.11 Å². The van der Waals surface area contributed by atoms with Crippen LogP contribution >= 0.6 is 35.7 Å². The summed E-state index contributed by atoms with van der Waals surface area (Å²) in [5.74, 6) is 4.19. The van der Waals surface area contributed by atoms with Crippen LogP contribution in [-0.2, 0) is 0 Å². The van der Waals surface area contributed by atoms with Crippen LogP contribution in [0.5, 0.6) is 0 Å². The van der Waals surface area contributed by atoms with E-state index in [-0.39, 0.29) is 24.0 Å². The van der Waals surface area contributed by atoms with Crippen molar-refractivity contribution in [2.45, 2.75) is 37.7 Å². The Morgan fingerprint density at radius 1 is 1.54 bits per heavy atom. The molecule has 0 saturated carbocycles. The van der Waals surface area contributed by atoms with Gasteiger partial charge >= 0.3 is 0 Å². The Hall–Kier alpha value is -0.550. The predicted octanol–water partition coefficient (Wildman–Crippen LogP) is 1.44. The molecule has 1 aromatic heterocycles. The summed E-state index contributed by atoms with van der Waals surface area (Å²) in [5.41, 5.74) is -0.622. The Labute approximate surface area is 164 Å². The largest absolute Gasteiger partial charge is 0.387 e. The van der Waals surface area contributed by atoms with E-state index in [4.69, 9.17) is 4.99 Å². The molecule has 0 bridgehead atoms. The molecule has 3 N–H and O–H groups in total. The number of aliphatic hydroxyl groups is 1. The molecule has 2 aliphatic rings. The molecule has 1 aromatic rings. The van der Waals surface area contributed by atoms with Crippen molar-refractivity contribution in [3.8, 4) is 0 Å². The minimum atomic E-state index is -0.622. The molecule has 2 aliphatic heterocycles. The van der Waals surface area contributed by atoms with Gasteiger partial charge in [0, 0.05) is 31.3 Å². The highest BCUT2D eigenvalue weighted by atomic mass is 127. The number of likely N-dealkylation sites (tertiary alicyclic amines) is 1. The van der Waals surface area contributed by atoms with Gasteiger partial charge in [-0.2, -0.15) is 16.9 Å². The lowest BCUT2D eigenvalue weighted by molar-refractivity contribution is 0.0775. The zero-order valence-electron chi connectivity index (χ0n) is 14.1. The van der Waals surface area contributed by atoms with Gasteiger partial charge in [-0.1, -0.05) is 0 Å². The maximum Gasteiger partial charge on any atom is 0.194 e. The number of hydrogen-bond donors (Lipinski definition) is 3. The average molecular weight is 466 g/mol. The first-order valence-corrected chi connectivity index (χ1v) is 9.54. The molecule has 7 nitrogen and oxygen atoms in total. The van der Waals surface area contributed by atoms with E-state index >= 15 is 0 Å². The monoisotopic (exact) mass is 466 g/mol. The molecule has 1 unspecified atom stereocenters. The van der Waals surface area contributed by atoms with Crippen LogP contribution in [0, 0.1) is 0 Å². The van der Waals surface area contributed by atoms with E-state index in [1.54, 1.807) is 6.33 Å². The van der Waals surface area contributed by atoms with E-state index in [1.165, 1.54) is 0 Å². The number of aromatic nitrogens is 3. The molecule has 9 heteroatoms. The number of aliphatic imine (C=N–C) groups is 1. The molecule has 0 spiro atoms. The zero-order valence-corrected chi connectivity index (χ0v) is 17.2. The normalized spacial score (nSPS) is 25.6. The van der Waals surface area contributed by atoms with Crippen molar-refractivity contribution >= 4 is 41.7 Å². The van der Waals surface area contributed by atoms with E-state index in [0.29, 0.717) is 12.5 Å². The van der Waals surface area contributed by atoms with Gasteiger partial charge in [0.15, 0.2) is 5.96 Å². The molecule has 0 radical (unpaired) electrons. The fraction of sp³-hybridized carbons (Fsp3) is 0.800. The zero-order chi connectivity index (χ0) is 16.1. The van der Waals surface area contributed by atoms with Crippen molar-refractivity contribution in [1.82, 2.24) is 25.4 Å². The molecule has 3 rings (SSSR count). The summed E-state index contributed by atoms with van der Waals surface area (Å²) in [6, 6.07) is 0. The fourth-order valence-electron chi connectivity index (χ4n) is 3.15. The molecule has 136 valence electrons. The summed E-state index contributed by atoms with van der Waals surface area (Å²) in [6.07, 6.45) is 4.50. The lowest BCUT2D eigenvalue weighted by Crippen LogP contribution is -2.46. The first-order chi connectivity index (χ1) is 11.2. The fourth-order valence-corrected chi connectivity index (χ4v) is 4.43. The number of aromatic amines is 1. The van der Waals surface area contributed by atoms with Crippen molar-refractivity contribution in [2.75, 3.05) is 37.7 Å². The molecular weight excluding hydrogens is 439 g/mol. The van der Waals surface area contributed by atoms with Gasteiger partial charge in [-0.05, 0) is 31.9 Å². The number of nitrogens with zero attached hydrogens (tertiary/aromatic N) is 4. The summed E-state index contributed by atoms with van der Waals surface area (Å²) in [7, 11) is 0. The second kappa shape index (κ2) is 9.23. The average Bonchev–Trinajstić information content (AvgIpc) is 3.24. The molecule has 0 aliphatic carbocycles. The van der Waals surface area contributed by atoms with Gasteiger partial charge in [-0.25, -0.2) is 4.98 Å². The lowest BCUT2D eigenvalue weighted by atomic mass is 9.96. The molecule has 3 heterocycles. The number of nitrogens with one attached hydrogen (secondary N) is 2. The van der Waals surface area contributed by atoms with Crippen LogP contribution in [0.25, 0.3) is 0 Å². The molecule has 2 fully saturated rings. The second-order valence-electron chi connectivity index (χ2n) is 6.33. The number of H-pyrrole nitrogens is 1. The van der Waals surface area contributed by atoms with Gasteiger partial charge in [0.25, 0.3) is 0 Å². The van der Waals surface area contributed by atoms with Crippen LogP contribution in [0.4, 0.5) is 0 Å². The van der Waals surface area contributed by atoms with Gasteiger partial charge in [-0.15, -0.1) is 24.0 Å². The maximum atomic E-state index is 10.5. The molecule has 2 saturated heterocycles. The summed E-state index contributed by atoms with van der Waals surface area (Å²) in [4.78, 5) is 11.3. The van der Waals surface area contributed by atoms with Gasteiger partial charge in [0.05, 0.1) is 12.1 Å². The van der Waals surface area contributed by atoms with E-state index in [1.807, 2.05) is 11.8 Å². The summed E-state index contributed by atoms with van der Waals surface area (Å²) in [6.45, 7) is 5.31. The highest BCUT2D eigenvalue weighted by molar-refractivity contribution is 14.0. The van der Waals surface area contributed by atoms with Gasteiger partial charge < -0.3 is 15.3 Å². The number of halogens is 1. The van der Waals surface area contributed by atoms with Crippen molar-refractivity contribution in [3.05, 3.63) is 12.2 Å². The molecule has 24 heavy (non-hydrogen) atoms. The third kappa shape index (κ3) is 4.98. The Bertz CT molecular complexity index is 512. The summed E-state index contributed by atoms with van der Waals surface area (Å²) < 4.78 is 0. The first-order valence-electron chi connectivity index (χ1n) is 8.39. The van der Waals surface area contributed by atoms with Crippen LogP contribution in [0.2, 0.25) is 0 Å². The second-order valence-corrected chi connectivity index (χ2v) is 7.43. The highest BCUT2D eigenvalue weighted by Crippen LogP contribution is 2.28. The molecule has 1 atom stereocenters. The first kappa shape index (κ1) is 19.8. The van der Waals surface area contributed by atoms with Crippen LogP contribution in [-0.4, -0.2) is 74.4 Å². The third-order valence-corrected chi connectivity index (χ3v) is 5.79. The van der Waals surface area contributed by atoms with Crippen LogP contribution < -0.4 is 5.32 Å². The Balaban J connectivity index is 0.00000208. The van der Waals surface area contributed by atoms with Gasteiger partial charge in [-0.3, -0.25) is 10.1 Å². The number of piperidine rings is 1. The topological polar surface area (TPSA) is 89.4 Å². The van der Waals surface area contributed by atoms with E-state index < -0.39 is 5.60 Å². The molecule has 0 aromatic carbocycles. The lowest BCUT2D eigenvalue weighted by Gasteiger charge is -2.34.